The molecule has 1 aliphatic heterocycles. The summed E-state index contributed by atoms with van der Waals surface area (Å²) in [6.45, 7) is 7.89. The number of carbonyl (C=O) groups excluding carboxylic acids is 1. The molecule has 1 heterocycles. The summed E-state index contributed by atoms with van der Waals surface area (Å²) in [4.78, 5) is 11.6. The van der Waals surface area contributed by atoms with Crippen molar-refractivity contribution in [2.24, 2.45) is 11.3 Å². The van der Waals surface area contributed by atoms with Crippen LogP contribution in [0, 0.1) is 11.3 Å². The monoisotopic (exact) mass is 230 g/mol. The van der Waals surface area contributed by atoms with E-state index in [1.165, 1.54) is 0 Å². The van der Waals surface area contributed by atoms with E-state index in [1.54, 1.807) is 0 Å². The maximum absolute atomic E-state index is 11.6. The molecule has 0 aromatic heterocycles. The van der Waals surface area contributed by atoms with Gasteiger partial charge in [-0.15, -0.1) is 0 Å². The van der Waals surface area contributed by atoms with Gasteiger partial charge in [-0.05, 0) is 12.8 Å². The highest BCUT2D eigenvalue weighted by Gasteiger charge is 2.34. The fourth-order valence-corrected chi connectivity index (χ4v) is 1.54. The maximum atomic E-state index is 11.6. The summed E-state index contributed by atoms with van der Waals surface area (Å²) in [6, 6.07) is 0. The molecule has 1 unspecified atom stereocenters. The minimum atomic E-state index is -0.151. The van der Waals surface area contributed by atoms with Crippen LogP contribution in [0.2, 0.25) is 0 Å². The highest BCUT2D eigenvalue weighted by Crippen LogP contribution is 2.27. The van der Waals surface area contributed by atoms with Gasteiger partial charge in [0.15, 0.2) is 0 Å². The van der Waals surface area contributed by atoms with Crippen LogP contribution in [0.5, 0.6) is 0 Å². The molecule has 0 aromatic rings. The van der Waals surface area contributed by atoms with Crippen molar-refractivity contribution in [3.63, 3.8) is 0 Å². The minimum absolute atomic E-state index is 0.0284. The van der Waals surface area contributed by atoms with Crippen LogP contribution in [0.1, 0.15) is 33.6 Å². The van der Waals surface area contributed by atoms with E-state index in [-0.39, 0.29) is 17.3 Å². The molecule has 1 fully saturated rings. The van der Waals surface area contributed by atoms with Gasteiger partial charge in [-0.25, -0.2) is 0 Å². The van der Waals surface area contributed by atoms with Crippen molar-refractivity contribution in [2.75, 3.05) is 26.6 Å². The molecule has 0 amide bonds. The molecular weight excluding hydrogens is 208 g/mol. The second kappa shape index (κ2) is 6.21. The zero-order valence-electron chi connectivity index (χ0n) is 10.5. The Bertz CT molecular complexity index is 221. The zero-order valence-corrected chi connectivity index (χ0v) is 10.5. The Labute approximate surface area is 97.2 Å². The molecule has 16 heavy (non-hydrogen) atoms. The van der Waals surface area contributed by atoms with Crippen molar-refractivity contribution in [1.29, 1.82) is 0 Å². The Morgan fingerprint density at radius 2 is 2.00 bits per heavy atom. The lowest BCUT2D eigenvalue weighted by molar-refractivity contribution is -0.188. The standard InChI is InChI=1S/C12H22O4/c1-4-10(3)11(13)16-8-12(5-2)6-14-9-15-7-12/h10H,4-9H2,1-3H3. The third-order valence-corrected chi connectivity index (χ3v) is 3.27. The van der Waals surface area contributed by atoms with E-state index in [0.717, 1.165) is 12.8 Å². The summed E-state index contributed by atoms with van der Waals surface area (Å²) >= 11 is 0. The van der Waals surface area contributed by atoms with Gasteiger partial charge < -0.3 is 14.2 Å². The van der Waals surface area contributed by atoms with Gasteiger partial charge in [0.25, 0.3) is 0 Å². The SMILES string of the molecule is CCC(C)C(=O)OCC1(CC)COCOC1. The Morgan fingerprint density at radius 3 is 2.50 bits per heavy atom. The van der Waals surface area contributed by atoms with Gasteiger partial charge in [-0.2, -0.15) is 0 Å². The van der Waals surface area contributed by atoms with E-state index in [1.807, 2.05) is 13.8 Å². The summed E-state index contributed by atoms with van der Waals surface area (Å²) in [7, 11) is 0. The van der Waals surface area contributed by atoms with Crippen LogP contribution >= 0.6 is 0 Å². The Hall–Kier alpha value is -0.610. The summed E-state index contributed by atoms with van der Waals surface area (Å²) in [6.07, 6.45) is 1.70. The fourth-order valence-electron chi connectivity index (χ4n) is 1.54. The van der Waals surface area contributed by atoms with Crippen LogP contribution in [0.15, 0.2) is 0 Å². The van der Waals surface area contributed by atoms with Crippen LogP contribution in [-0.2, 0) is 19.0 Å². The summed E-state index contributed by atoms with van der Waals surface area (Å²) in [5.41, 5.74) is -0.151. The Morgan fingerprint density at radius 1 is 1.38 bits per heavy atom. The molecule has 4 nitrogen and oxygen atoms in total. The van der Waals surface area contributed by atoms with Crippen molar-refractivity contribution in [2.45, 2.75) is 33.6 Å². The van der Waals surface area contributed by atoms with Crippen LogP contribution in [-0.4, -0.2) is 32.6 Å². The quantitative estimate of drug-likeness (QED) is 0.677. The normalized spacial score (nSPS) is 21.4. The minimum Gasteiger partial charge on any atom is -0.465 e. The molecule has 1 aliphatic rings. The number of ether oxygens (including phenoxy) is 3. The smallest absolute Gasteiger partial charge is 0.308 e. The van der Waals surface area contributed by atoms with E-state index in [0.29, 0.717) is 26.6 Å². The molecular formula is C12H22O4. The van der Waals surface area contributed by atoms with E-state index in [4.69, 9.17) is 14.2 Å². The number of esters is 1. The van der Waals surface area contributed by atoms with Gasteiger partial charge >= 0.3 is 5.97 Å². The molecule has 0 N–H and O–H groups in total. The Balaban J connectivity index is 2.41. The van der Waals surface area contributed by atoms with E-state index >= 15 is 0 Å². The van der Waals surface area contributed by atoms with Gasteiger partial charge in [-0.1, -0.05) is 20.8 Å². The topological polar surface area (TPSA) is 44.8 Å². The van der Waals surface area contributed by atoms with Crippen LogP contribution < -0.4 is 0 Å². The molecule has 1 saturated heterocycles. The lowest BCUT2D eigenvalue weighted by Gasteiger charge is -2.35. The van der Waals surface area contributed by atoms with Gasteiger partial charge in [0.1, 0.15) is 13.4 Å². The first-order valence-corrected chi connectivity index (χ1v) is 5.95. The molecule has 1 rings (SSSR count). The van der Waals surface area contributed by atoms with Crippen LogP contribution in [0.3, 0.4) is 0 Å². The van der Waals surface area contributed by atoms with Gasteiger partial charge in [0, 0.05) is 0 Å². The molecule has 0 spiro atoms. The first kappa shape index (κ1) is 13.5. The van der Waals surface area contributed by atoms with E-state index in [9.17, 15) is 4.79 Å². The van der Waals surface area contributed by atoms with Crippen molar-refractivity contribution in [3.8, 4) is 0 Å². The largest absolute Gasteiger partial charge is 0.465 e. The lowest BCUT2D eigenvalue weighted by atomic mass is 9.87. The van der Waals surface area contributed by atoms with E-state index < -0.39 is 0 Å². The molecule has 4 heteroatoms. The predicted molar refractivity (Wildman–Crippen MR) is 59.9 cm³/mol. The Kier molecular flexibility index (Phi) is 5.22. The molecule has 0 bridgehead atoms. The fraction of sp³-hybridized carbons (Fsp3) is 0.917. The summed E-state index contributed by atoms with van der Waals surface area (Å²) in [5.74, 6) is -0.153. The van der Waals surface area contributed by atoms with Crippen molar-refractivity contribution in [1.82, 2.24) is 0 Å². The average Bonchev–Trinajstić information content (AvgIpc) is 2.36. The predicted octanol–water partition coefficient (Wildman–Crippen LogP) is 1.98. The third kappa shape index (κ3) is 3.46. The highest BCUT2D eigenvalue weighted by atomic mass is 16.7. The molecule has 0 radical (unpaired) electrons. The second-order valence-electron chi connectivity index (χ2n) is 4.59. The number of hydrogen-bond acceptors (Lipinski definition) is 4. The number of rotatable bonds is 5. The maximum Gasteiger partial charge on any atom is 0.308 e. The lowest BCUT2D eigenvalue weighted by Crippen LogP contribution is -2.41. The average molecular weight is 230 g/mol. The van der Waals surface area contributed by atoms with Crippen molar-refractivity contribution >= 4 is 5.97 Å². The first-order chi connectivity index (χ1) is 7.63. The van der Waals surface area contributed by atoms with Gasteiger partial charge in [0.05, 0.1) is 24.5 Å². The van der Waals surface area contributed by atoms with Gasteiger partial charge in [-0.3, -0.25) is 4.79 Å². The second-order valence-corrected chi connectivity index (χ2v) is 4.59. The highest BCUT2D eigenvalue weighted by molar-refractivity contribution is 5.71. The summed E-state index contributed by atoms with van der Waals surface area (Å²) < 4.78 is 15.9. The van der Waals surface area contributed by atoms with E-state index in [2.05, 4.69) is 6.92 Å². The van der Waals surface area contributed by atoms with Gasteiger partial charge in [0.2, 0.25) is 0 Å². The molecule has 94 valence electrons. The number of carbonyl (C=O) groups is 1. The van der Waals surface area contributed by atoms with Crippen LogP contribution in [0.4, 0.5) is 0 Å². The zero-order chi connectivity index (χ0) is 12.0. The first-order valence-electron chi connectivity index (χ1n) is 5.95. The number of hydrogen-bond donors (Lipinski definition) is 0. The molecule has 0 saturated carbocycles. The van der Waals surface area contributed by atoms with Crippen molar-refractivity contribution in [3.05, 3.63) is 0 Å². The van der Waals surface area contributed by atoms with Crippen molar-refractivity contribution < 1.29 is 19.0 Å². The molecule has 0 aromatic carbocycles. The molecule has 0 aliphatic carbocycles. The third-order valence-electron chi connectivity index (χ3n) is 3.27. The van der Waals surface area contributed by atoms with Crippen LogP contribution in [0.25, 0.3) is 0 Å². The molecule has 1 atom stereocenters. The summed E-state index contributed by atoms with van der Waals surface area (Å²) in [5, 5.41) is 0.